The summed E-state index contributed by atoms with van der Waals surface area (Å²) < 4.78 is 11.3. The second-order valence-electron chi connectivity index (χ2n) is 5.88. The quantitative estimate of drug-likeness (QED) is 0.570. The maximum absolute atomic E-state index is 12.1. The molecule has 0 saturated heterocycles. The highest BCUT2D eigenvalue weighted by atomic mass is 35.5. The van der Waals surface area contributed by atoms with Crippen LogP contribution in [-0.2, 0) is 11.2 Å². The normalized spacial score (nSPS) is 10.3. The standard InChI is InChI=1S/C22H20ClNO3/c1-2-16-14-20(12-13-21(16)23)26-15-22(25)24-17-8-10-19(11-9-17)27-18-6-4-3-5-7-18/h3-14H,2,15H2,1H3,(H,24,25). The summed E-state index contributed by atoms with van der Waals surface area (Å²) in [5.41, 5.74) is 1.66. The number of benzene rings is 3. The van der Waals surface area contributed by atoms with Crippen molar-refractivity contribution in [2.45, 2.75) is 13.3 Å². The van der Waals surface area contributed by atoms with Gasteiger partial charge in [-0.05, 0) is 66.6 Å². The van der Waals surface area contributed by atoms with Gasteiger partial charge in [0.1, 0.15) is 17.2 Å². The monoisotopic (exact) mass is 381 g/mol. The van der Waals surface area contributed by atoms with Crippen molar-refractivity contribution in [3.05, 3.63) is 83.4 Å². The molecule has 0 spiro atoms. The number of carbonyl (C=O) groups is 1. The second-order valence-corrected chi connectivity index (χ2v) is 6.29. The molecule has 0 aliphatic carbocycles. The summed E-state index contributed by atoms with van der Waals surface area (Å²) in [6.45, 7) is 1.94. The van der Waals surface area contributed by atoms with E-state index in [1.807, 2.05) is 43.3 Å². The fourth-order valence-electron chi connectivity index (χ4n) is 2.49. The largest absolute Gasteiger partial charge is 0.484 e. The molecule has 27 heavy (non-hydrogen) atoms. The van der Waals surface area contributed by atoms with Crippen LogP contribution in [0.4, 0.5) is 5.69 Å². The Morgan fingerprint density at radius 1 is 0.926 bits per heavy atom. The first kappa shape index (κ1) is 18.8. The molecule has 0 atom stereocenters. The number of nitrogens with one attached hydrogen (secondary N) is 1. The molecule has 3 aromatic rings. The van der Waals surface area contributed by atoms with Crippen LogP contribution in [0.15, 0.2) is 72.8 Å². The molecule has 0 radical (unpaired) electrons. The molecule has 0 fully saturated rings. The number of ether oxygens (including phenoxy) is 2. The Hall–Kier alpha value is -2.98. The molecule has 3 rings (SSSR count). The summed E-state index contributed by atoms with van der Waals surface area (Å²) >= 11 is 6.09. The summed E-state index contributed by atoms with van der Waals surface area (Å²) in [6, 6.07) is 22.1. The number of hydrogen-bond donors (Lipinski definition) is 1. The van der Waals surface area contributed by atoms with Gasteiger partial charge in [0.25, 0.3) is 5.91 Å². The lowest BCUT2D eigenvalue weighted by Crippen LogP contribution is -2.20. The minimum Gasteiger partial charge on any atom is -0.484 e. The Morgan fingerprint density at radius 3 is 2.30 bits per heavy atom. The summed E-state index contributed by atoms with van der Waals surface area (Å²) in [5.74, 6) is 1.85. The van der Waals surface area contributed by atoms with Gasteiger partial charge in [-0.1, -0.05) is 36.7 Å². The van der Waals surface area contributed by atoms with Gasteiger partial charge in [0, 0.05) is 10.7 Å². The van der Waals surface area contributed by atoms with Gasteiger partial charge in [-0.25, -0.2) is 0 Å². The second kappa shape index (κ2) is 9.10. The topological polar surface area (TPSA) is 47.6 Å². The molecule has 0 aliphatic rings. The maximum atomic E-state index is 12.1. The van der Waals surface area contributed by atoms with E-state index in [0.29, 0.717) is 22.2 Å². The molecule has 3 aromatic carbocycles. The van der Waals surface area contributed by atoms with Gasteiger partial charge in [-0.2, -0.15) is 0 Å². The van der Waals surface area contributed by atoms with Crippen LogP contribution < -0.4 is 14.8 Å². The van der Waals surface area contributed by atoms with E-state index in [-0.39, 0.29) is 12.5 Å². The third-order valence-electron chi connectivity index (χ3n) is 3.88. The number of hydrogen-bond acceptors (Lipinski definition) is 3. The number of amides is 1. The molecule has 0 unspecified atom stereocenters. The molecule has 1 amide bonds. The van der Waals surface area contributed by atoms with Gasteiger partial charge in [-0.3, -0.25) is 4.79 Å². The van der Waals surface area contributed by atoms with Crippen LogP contribution in [0.3, 0.4) is 0 Å². The Kier molecular flexibility index (Phi) is 6.34. The Bertz CT molecular complexity index is 895. The van der Waals surface area contributed by atoms with Crippen LogP contribution in [0.1, 0.15) is 12.5 Å². The van der Waals surface area contributed by atoms with Gasteiger partial charge < -0.3 is 14.8 Å². The summed E-state index contributed by atoms with van der Waals surface area (Å²) in [4.78, 5) is 12.1. The van der Waals surface area contributed by atoms with Gasteiger partial charge >= 0.3 is 0 Å². The van der Waals surface area contributed by atoms with Gasteiger partial charge in [0.15, 0.2) is 6.61 Å². The van der Waals surface area contributed by atoms with Crippen LogP contribution >= 0.6 is 11.6 Å². The van der Waals surface area contributed by atoms with Crippen molar-refractivity contribution in [1.82, 2.24) is 0 Å². The van der Waals surface area contributed by atoms with Crippen molar-refractivity contribution in [3.8, 4) is 17.2 Å². The van der Waals surface area contributed by atoms with E-state index >= 15 is 0 Å². The summed E-state index contributed by atoms with van der Waals surface area (Å²) in [5, 5.41) is 3.50. The zero-order valence-electron chi connectivity index (χ0n) is 14.9. The molecule has 1 N–H and O–H groups in total. The lowest BCUT2D eigenvalue weighted by Gasteiger charge is -2.10. The van der Waals surface area contributed by atoms with Gasteiger partial charge in [0.05, 0.1) is 0 Å². The highest BCUT2D eigenvalue weighted by molar-refractivity contribution is 6.31. The molecule has 138 valence electrons. The fraction of sp³-hybridized carbons (Fsp3) is 0.136. The predicted molar refractivity (Wildman–Crippen MR) is 108 cm³/mol. The maximum Gasteiger partial charge on any atom is 0.262 e. The van der Waals surface area contributed by atoms with Gasteiger partial charge in [-0.15, -0.1) is 0 Å². The third kappa shape index (κ3) is 5.50. The number of rotatable bonds is 7. The van der Waals surface area contributed by atoms with Crippen molar-refractivity contribution < 1.29 is 14.3 Å². The molecule has 0 heterocycles. The average Bonchev–Trinajstić information content (AvgIpc) is 2.69. The van der Waals surface area contributed by atoms with Crippen molar-refractivity contribution in [3.63, 3.8) is 0 Å². The molecule has 0 bridgehead atoms. The van der Waals surface area contributed by atoms with Crippen LogP contribution in [-0.4, -0.2) is 12.5 Å². The van der Waals surface area contributed by atoms with Crippen LogP contribution in [0.5, 0.6) is 17.2 Å². The molecule has 5 heteroatoms. The van der Waals surface area contributed by atoms with Crippen molar-refractivity contribution in [2.75, 3.05) is 11.9 Å². The smallest absolute Gasteiger partial charge is 0.262 e. The predicted octanol–water partition coefficient (Wildman–Crippen LogP) is 5.71. The van der Waals surface area contributed by atoms with Crippen molar-refractivity contribution in [1.29, 1.82) is 0 Å². The van der Waals surface area contributed by atoms with Crippen LogP contribution in [0.25, 0.3) is 0 Å². The summed E-state index contributed by atoms with van der Waals surface area (Å²) in [6.07, 6.45) is 0.805. The number of anilines is 1. The lowest BCUT2D eigenvalue weighted by atomic mass is 10.1. The molecule has 0 saturated carbocycles. The Balaban J connectivity index is 1.52. The van der Waals surface area contributed by atoms with E-state index in [1.54, 1.807) is 36.4 Å². The van der Waals surface area contributed by atoms with E-state index < -0.39 is 0 Å². The minimum absolute atomic E-state index is 0.0763. The highest BCUT2D eigenvalue weighted by Crippen LogP contribution is 2.24. The fourth-order valence-corrected chi connectivity index (χ4v) is 2.74. The number of para-hydroxylation sites is 1. The van der Waals surface area contributed by atoms with E-state index in [0.717, 1.165) is 17.7 Å². The molecule has 4 nitrogen and oxygen atoms in total. The lowest BCUT2D eigenvalue weighted by molar-refractivity contribution is -0.118. The zero-order valence-corrected chi connectivity index (χ0v) is 15.7. The molecular formula is C22H20ClNO3. The molecule has 0 aromatic heterocycles. The van der Waals surface area contributed by atoms with E-state index in [4.69, 9.17) is 21.1 Å². The molecular weight excluding hydrogens is 362 g/mol. The van der Waals surface area contributed by atoms with Crippen LogP contribution in [0, 0.1) is 0 Å². The average molecular weight is 382 g/mol. The Morgan fingerprint density at radius 2 is 1.59 bits per heavy atom. The zero-order chi connectivity index (χ0) is 19.1. The SMILES string of the molecule is CCc1cc(OCC(=O)Nc2ccc(Oc3ccccc3)cc2)ccc1Cl. The van der Waals surface area contributed by atoms with E-state index in [1.165, 1.54) is 0 Å². The number of halogens is 1. The highest BCUT2D eigenvalue weighted by Gasteiger charge is 2.06. The first-order valence-electron chi connectivity index (χ1n) is 8.68. The number of carbonyl (C=O) groups excluding carboxylic acids is 1. The van der Waals surface area contributed by atoms with Crippen LogP contribution in [0.2, 0.25) is 5.02 Å². The van der Waals surface area contributed by atoms with Crippen molar-refractivity contribution in [2.24, 2.45) is 0 Å². The van der Waals surface area contributed by atoms with Gasteiger partial charge in [0.2, 0.25) is 0 Å². The first-order valence-corrected chi connectivity index (χ1v) is 9.06. The number of aryl methyl sites for hydroxylation is 1. The Labute approximate surface area is 163 Å². The summed E-state index contributed by atoms with van der Waals surface area (Å²) in [7, 11) is 0. The molecule has 0 aliphatic heterocycles. The third-order valence-corrected chi connectivity index (χ3v) is 4.25. The first-order chi connectivity index (χ1) is 13.1. The van der Waals surface area contributed by atoms with Crippen molar-refractivity contribution >= 4 is 23.2 Å². The van der Waals surface area contributed by atoms with E-state index in [9.17, 15) is 4.79 Å². The minimum atomic E-state index is -0.236. The van der Waals surface area contributed by atoms with E-state index in [2.05, 4.69) is 5.32 Å².